The minimum absolute atomic E-state index is 0.0172. The van der Waals surface area contributed by atoms with Gasteiger partial charge in [0.15, 0.2) is 24.4 Å². The fourth-order valence-electron chi connectivity index (χ4n) is 5.74. The van der Waals surface area contributed by atoms with Crippen molar-refractivity contribution in [3.8, 4) is 0 Å². The van der Waals surface area contributed by atoms with Crippen molar-refractivity contribution in [1.29, 1.82) is 0 Å². The summed E-state index contributed by atoms with van der Waals surface area (Å²) in [6, 6.07) is 7.56. The van der Waals surface area contributed by atoms with Crippen molar-refractivity contribution in [3.05, 3.63) is 71.0 Å². The molecule has 0 bridgehead atoms. The van der Waals surface area contributed by atoms with Crippen LogP contribution in [-0.4, -0.2) is 122 Å². The minimum Gasteiger partial charge on any atom is -0.475 e. The van der Waals surface area contributed by atoms with Crippen molar-refractivity contribution in [3.63, 3.8) is 0 Å². The molecule has 8 atom stereocenters. The van der Waals surface area contributed by atoms with Crippen molar-refractivity contribution in [2.75, 3.05) is 26.4 Å². The fraction of sp³-hybridized carbons (Fsp3) is 0.486. The Hall–Kier alpha value is -5.34. The first-order valence-corrected chi connectivity index (χ1v) is 16.9. The predicted octanol–water partition coefficient (Wildman–Crippen LogP) is 2.62. The van der Waals surface area contributed by atoms with E-state index in [1.54, 1.807) is 0 Å². The summed E-state index contributed by atoms with van der Waals surface area (Å²) in [5.41, 5.74) is 0. The molecule has 3 aromatic rings. The first-order valence-electron chi connectivity index (χ1n) is 16.9. The van der Waals surface area contributed by atoms with Crippen molar-refractivity contribution in [2.24, 2.45) is 0 Å². The van der Waals surface area contributed by atoms with Crippen LogP contribution in [0.3, 0.4) is 0 Å². The highest BCUT2D eigenvalue weighted by Crippen LogP contribution is 2.33. The Balaban J connectivity index is 0.00000103. The maximum atomic E-state index is 12.8. The van der Waals surface area contributed by atoms with E-state index in [4.69, 9.17) is 66.2 Å². The monoisotopic (exact) mass is 764 g/mol. The van der Waals surface area contributed by atoms with Crippen LogP contribution in [0, 0.1) is 0 Å². The smallest absolute Gasteiger partial charge is 0.374 e. The van der Waals surface area contributed by atoms with E-state index in [0.29, 0.717) is 0 Å². The average molecular weight is 765 g/mol. The number of aromatic carboxylic acids is 1. The highest BCUT2D eigenvalue weighted by Gasteiger charge is 2.53. The third-order valence-corrected chi connectivity index (χ3v) is 8.00. The van der Waals surface area contributed by atoms with Gasteiger partial charge in [0.1, 0.15) is 43.6 Å². The van der Waals surface area contributed by atoms with E-state index in [2.05, 4.69) is 0 Å². The number of hydrogen-bond acceptors (Lipinski definition) is 18. The number of aliphatic hydroxyl groups excluding tert-OH is 1. The Morgan fingerprint density at radius 1 is 0.537 bits per heavy atom. The van der Waals surface area contributed by atoms with Crippen LogP contribution in [0.1, 0.15) is 86.2 Å². The minimum atomic E-state index is -1.34. The average Bonchev–Trinajstić information content (AvgIpc) is 4.04. The fourth-order valence-corrected chi connectivity index (χ4v) is 5.74. The number of carbonyl (C=O) groups excluding carboxylic acids is 5. The molecule has 7 rings (SSSR count). The standard InChI is InChI=1S/C30H26O18.2C2H6.CH2O/c31-7-12-1-2-14(42-12)27(34)45-18-8-38-24-20(10-39-22(18)24)47-29(36)16-5-6-17(44-16)30(37)48-21-11-41-23-19(9-40-25(21)23)46-28(35)15-4-3-13(43-15)26(32)33;3*1-2/h1-6,18-25,31H,7-11H2,(H,32,33);2*1-2H3;1H2/t18-,19-,20+,21+,22?,23?,24?,25?;;;/m0.../s1. The predicted molar refractivity (Wildman–Crippen MR) is 175 cm³/mol. The lowest BCUT2D eigenvalue weighted by Crippen LogP contribution is -2.36. The molecule has 7 heterocycles. The molecule has 4 unspecified atom stereocenters. The van der Waals surface area contributed by atoms with Crippen LogP contribution in [-0.2, 0) is 49.3 Å². The molecular weight excluding hydrogens is 724 g/mol. The summed E-state index contributed by atoms with van der Waals surface area (Å²) < 4.78 is 60.0. The topological polar surface area (TPSA) is 256 Å². The first-order chi connectivity index (χ1) is 26.2. The number of furan rings is 3. The number of ether oxygens (including phenoxy) is 8. The molecule has 19 heteroatoms. The van der Waals surface area contributed by atoms with E-state index in [9.17, 15) is 24.0 Å². The van der Waals surface area contributed by atoms with Gasteiger partial charge in [0.2, 0.25) is 28.8 Å². The largest absolute Gasteiger partial charge is 0.475 e. The summed E-state index contributed by atoms with van der Waals surface area (Å²) >= 11 is 0. The Bertz CT molecular complexity index is 1740. The molecular formula is C35H40O19. The maximum absolute atomic E-state index is 12.8. The third kappa shape index (κ3) is 9.05. The van der Waals surface area contributed by atoms with Gasteiger partial charge in [-0.3, -0.25) is 0 Å². The second kappa shape index (κ2) is 19.1. The van der Waals surface area contributed by atoms with Gasteiger partial charge >= 0.3 is 29.8 Å². The van der Waals surface area contributed by atoms with E-state index >= 15 is 0 Å². The molecule has 54 heavy (non-hydrogen) atoms. The summed E-state index contributed by atoms with van der Waals surface area (Å²) in [4.78, 5) is 69.5. The van der Waals surface area contributed by atoms with E-state index in [-0.39, 0.29) is 61.8 Å². The van der Waals surface area contributed by atoms with Gasteiger partial charge in [0.25, 0.3) is 0 Å². The van der Waals surface area contributed by atoms with E-state index in [0.717, 1.165) is 6.07 Å². The van der Waals surface area contributed by atoms with Crippen LogP contribution in [0.15, 0.2) is 49.6 Å². The van der Waals surface area contributed by atoms with Crippen LogP contribution in [0.5, 0.6) is 0 Å². The Morgan fingerprint density at radius 3 is 1.09 bits per heavy atom. The molecule has 4 fully saturated rings. The van der Waals surface area contributed by atoms with Crippen molar-refractivity contribution in [2.45, 2.75) is 83.1 Å². The Morgan fingerprint density at radius 2 is 0.815 bits per heavy atom. The molecule has 2 N–H and O–H groups in total. The van der Waals surface area contributed by atoms with Crippen molar-refractivity contribution in [1.82, 2.24) is 0 Å². The quantitative estimate of drug-likeness (QED) is 0.222. The van der Waals surface area contributed by atoms with E-state index in [1.807, 2.05) is 34.5 Å². The molecule has 19 nitrogen and oxygen atoms in total. The lowest BCUT2D eigenvalue weighted by atomic mass is 10.1. The van der Waals surface area contributed by atoms with Gasteiger partial charge in [0, 0.05) is 0 Å². The molecule has 4 aliphatic heterocycles. The molecule has 3 aromatic heterocycles. The van der Waals surface area contributed by atoms with Gasteiger partial charge in [-0.1, -0.05) is 27.7 Å². The summed E-state index contributed by atoms with van der Waals surface area (Å²) in [5, 5.41) is 18.1. The number of hydrogen-bond donors (Lipinski definition) is 2. The van der Waals surface area contributed by atoms with Crippen molar-refractivity contribution >= 4 is 36.6 Å². The number of carbonyl (C=O) groups is 6. The zero-order valence-electron chi connectivity index (χ0n) is 29.7. The van der Waals surface area contributed by atoms with Crippen LogP contribution in [0.25, 0.3) is 0 Å². The van der Waals surface area contributed by atoms with Crippen LogP contribution < -0.4 is 0 Å². The second-order valence-electron chi connectivity index (χ2n) is 11.0. The summed E-state index contributed by atoms with van der Waals surface area (Å²) in [5.74, 6) is -6.08. The van der Waals surface area contributed by atoms with Gasteiger partial charge in [0.05, 0.1) is 26.4 Å². The molecule has 0 amide bonds. The number of esters is 4. The number of carboxylic acids is 1. The molecule has 0 saturated carbocycles. The van der Waals surface area contributed by atoms with Gasteiger partial charge < -0.3 is 66.2 Å². The molecule has 4 aliphatic rings. The van der Waals surface area contributed by atoms with Crippen LogP contribution in [0.4, 0.5) is 0 Å². The van der Waals surface area contributed by atoms with Crippen LogP contribution >= 0.6 is 0 Å². The normalized spacial score (nSPS) is 25.9. The summed E-state index contributed by atoms with van der Waals surface area (Å²) in [6.45, 7) is 9.40. The van der Waals surface area contributed by atoms with Gasteiger partial charge in [-0.05, 0) is 36.4 Å². The molecule has 0 radical (unpaired) electrons. The van der Waals surface area contributed by atoms with Crippen LogP contribution in [0.2, 0.25) is 0 Å². The molecule has 294 valence electrons. The lowest BCUT2D eigenvalue weighted by molar-refractivity contribution is -0.0980. The number of fused-ring (bicyclic) bond motifs is 2. The maximum Gasteiger partial charge on any atom is 0.374 e. The SMILES string of the molecule is C=O.CC.CC.O=C(O)c1ccc(C(=O)O[C@H]2COC3C2OC[C@H]3OC(=O)c2ccc(C(=O)O[C@@H]3COC4C3OC[C@@H]4OC(=O)c3ccc(CO)o3)o2)o1. The highest BCUT2D eigenvalue weighted by molar-refractivity contribution is 5.91. The van der Waals surface area contributed by atoms with Gasteiger partial charge in [-0.15, -0.1) is 0 Å². The Kier molecular flexibility index (Phi) is 14.7. The number of rotatable bonds is 10. The highest BCUT2D eigenvalue weighted by atomic mass is 16.7. The third-order valence-electron chi connectivity index (χ3n) is 8.00. The van der Waals surface area contributed by atoms with E-state index in [1.165, 1.54) is 30.3 Å². The second-order valence-corrected chi connectivity index (χ2v) is 11.0. The number of aliphatic hydroxyl groups is 1. The Labute approximate surface area is 307 Å². The van der Waals surface area contributed by atoms with Crippen molar-refractivity contribution < 1.29 is 90.1 Å². The molecule has 0 spiro atoms. The van der Waals surface area contributed by atoms with Gasteiger partial charge in [-0.25, -0.2) is 24.0 Å². The number of carboxylic acid groups (broad SMARTS) is 1. The lowest BCUT2D eigenvalue weighted by Gasteiger charge is -2.17. The zero-order valence-corrected chi connectivity index (χ0v) is 29.7. The molecule has 4 saturated heterocycles. The summed E-state index contributed by atoms with van der Waals surface area (Å²) in [6.07, 6.45) is -6.44. The summed E-state index contributed by atoms with van der Waals surface area (Å²) in [7, 11) is 0. The van der Waals surface area contributed by atoms with Gasteiger partial charge in [-0.2, -0.15) is 0 Å². The van der Waals surface area contributed by atoms with E-state index < -0.39 is 84.4 Å². The first kappa shape index (κ1) is 41.4. The molecule has 0 aliphatic carbocycles. The zero-order chi connectivity index (χ0) is 39.5. The molecule has 0 aromatic carbocycles.